The normalized spacial score (nSPS) is 18.8. The molecule has 1 aliphatic heterocycles. The molecular formula is C27H32N2O6. The van der Waals surface area contributed by atoms with E-state index in [9.17, 15) is 19.5 Å². The van der Waals surface area contributed by atoms with Crippen LogP contribution in [0.1, 0.15) is 49.7 Å². The van der Waals surface area contributed by atoms with Gasteiger partial charge in [-0.15, -0.1) is 0 Å². The van der Waals surface area contributed by atoms with Crippen molar-refractivity contribution in [3.05, 3.63) is 59.7 Å². The van der Waals surface area contributed by atoms with E-state index in [-0.39, 0.29) is 37.2 Å². The van der Waals surface area contributed by atoms with E-state index >= 15 is 0 Å². The second-order valence-corrected chi connectivity index (χ2v) is 9.38. The standard InChI is InChI=1S/C27H32N2O6/c1-17(30)18-7-6-14-29(15-18)26(33)24(12-13-25(31)32)28-27(34)35-16-23-21-10-4-2-8-19(21)20-9-3-5-11-22(20)23/h2-5,8-11,17-18,23-24,30H,6-7,12-16H2,1H3,(H,28,34)(H,31,32). The molecule has 35 heavy (non-hydrogen) atoms. The summed E-state index contributed by atoms with van der Waals surface area (Å²) in [5.41, 5.74) is 4.39. The topological polar surface area (TPSA) is 116 Å². The summed E-state index contributed by atoms with van der Waals surface area (Å²) in [4.78, 5) is 38.7. The molecule has 1 heterocycles. The Kier molecular flexibility index (Phi) is 7.70. The highest BCUT2D eigenvalue weighted by molar-refractivity contribution is 5.86. The maximum absolute atomic E-state index is 13.2. The molecule has 0 saturated carbocycles. The minimum atomic E-state index is -1.04. The third kappa shape index (κ3) is 5.65. The number of nitrogens with one attached hydrogen (secondary N) is 1. The van der Waals surface area contributed by atoms with Crippen LogP contribution in [0.3, 0.4) is 0 Å². The quantitative estimate of drug-likeness (QED) is 0.533. The number of piperidine rings is 1. The fourth-order valence-electron chi connectivity index (χ4n) is 5.13. The largest absolute Gasteiger partial charge is 0.481 e. The Morgan fingerprint density at radius 3 is 2.31 bits per heavy atom. The Hall–Kier alpha value is -3.39. The number of ether oxygens (including phenoxy) is 1. The summed E-state index contributed by atoms with van der Waals surface area (Å²) in [6.07, 6.45) is -0.0150. The first-order chi connectivity index (χ1) is 16.8. The number of aliphatic carboxylic acids is 1. The number of alkyl carbamates (subject to hydrolysis) is 1. The first-order valence-electron chi connectivity index (χ1n) is 12.1. The van der Waals surface area contributed by atoms with Crippen molar-refractivity contribution in [1.29, 1.82) is 0 Å². The second kappa shape index (κ2) is 10.9. The van der Waals surface area contributed by atoms with Crippen molar-refractivity contribution in [1.82, 2.24) is 10.2 Å². The fourth-order valence-corrected chi connectivity index (χ4v) is 5.13. The zero-order valence-corrected chi connectivity index (χ0v) is 19.9. The highest BCUT2D eigenvalue weighted by atomic mass is 16.5. The van der Waals surface area contributed by atoms with Crippen LogP contribution in [-0.2, 0) is 14.3 Å². The number of nitrogens with zero attached hydrogens (tertiary/aromatic N) is 1. The molecule has 2 aromatic rings. The van der Waals surface area contributed by atoms with E-state index < -0.39 is 24.2 Å². The number of carboxylic acid groups (broad SMARTS) is 1. The molecule has 8 nitrogen and oxygen atoms in total. The van der Waals surface area contributed by atoms with E-state index in [1.165, 1.54) is 0 Å². The lowest BCUT2D eigenvalue weighted by Gasteiger charge is -2.36. The van der Waals surface area contributed by atoms with Crippen molar-refractivity contribution < 1.29 is 29.3 Å². The maximum atomic E-state index is 13.2. The highest BCUT2D eigenvalue weighted by Crippen LogP contribution is 2.44. The highest BCUT2D eigenvalue weighted by Gasteiger charge is 2.33. The number of carboxylic acids is 1. The SMILES string of the molecule is CC(O)C1CCCN(C(=O)C(CCC(=O)O)NC(=O)OCC2c3ccccc3-c3ccccc32)C1. The molecule has 3 atom stereocenters. The molecule has 2 amide bonds. The average Bonchev–Trinajstić information content (AvgIpc) is 3.18. The first kappa shape index (κ1) is 24.7. The number of hydrogen-bond donors (Lipinski definition) is 3. The van der Waals surface area contributed by atoms with Gasteiger partial charge in [-0.05, 0) is 48.4 Å². The predicted octanol–water partition coefficient (Wildman–Crippen LogP) is 3.38. The van der Waals surface area contributed by atoms with Crippen molar-refractivity contribution in [2.45, 2.75) is 50.7 Å². The minimum absolute atomic E-state index is 0.0335. The van der Waals surface area contributed by atoms with Gasteiger partial charge in [-0.1, -0.05) is 48.5 Å². The summed E-state index contributed by atoms with van der Waals surface area (Å²) >= 11 is 0. The number of rotatable bonds is 8. The molecule has 1 aliphatic carbocycles. The Balaban J connectivity index is 1.42. The number of aliphatic hydroxyl groups excluding tert-OH is 1. The smallest absolute Gasteiger partial charge is 0.407 e. The van der Waals surface area contributed by atoms with Gasteiger partial charge >= 0.3 is 12.1 Å². The number of carbonyl (C=O) groups excluding carboxylic acids is 2. The average molecular weight is 481 g/mol. The zero-order valence-electron chi connectivity index (χ0n) is 19.9. The molecule has 2 aliphatic rings. The van der Waals surface area contributed by atoms with Crippen LogP contribution in [0.5, 0.6) is 0 Å². The molecule has 3 N–H and O–H groups in total. The number of benzene rings is 2. The van der Waals surface area contributed by atoms with Gasteiger partial charge < -0.3 is 25.2 Å². The molecule has 0 bridgehead atoms. The lowest BCUT2D eigenvalue weighted by molar-refractivity contribution is -0.138. The summed E-state index contributed by atoms with van der Waals surface area (Å²) < 4.78 is 5.57. The molecule has 1 fully saturated rings. The van der Waals surface area contributed by atoms with Crippen LogP contribution >= 0.6 is 0 Å². The Bertz CT molecular complexity index is 1040. The lowest BCUT2D eigenvalue weighted by Crippen LogP contribution is -2.52. The van der Waals surface area contributed by atoms with E-state index in [2.05, 4.69) is 5.32 Å². The molecule has 0 spiro atoms. The molecule has 0 aromatic heterocycles. The van der Waals surface area contributed by atoms with Gasteiger partial charge in [0.15, 0.2) is 0 Å². The Labute approximate surface area is 204 Å². The van der Waals surface area contributed by atoms with Gasteiger partial charge in [0.1, 0.15) is 12.6 Å². The summed E-state index contributed by atoms with van der Waals surface area (Å²) in [6, 6.07) is 15.0. The summed E-state index contributed by atoms with van der Waals surface area (Å²) in [7, 11) is 0. The summed E-state index contributed by atoms with van der Waals surface area (Å²) in [5, 5.41) is 21.7. The summed E-state index contributed by atoms with van der Waals surface area (Å²) in [5.74, 6) is -1.54. The van der Waals surface area contributed by atoms with Crippen molar-refractivity contribution in [2.24, 2.45) is 5.92 Å². The van der Waals surface area contributed by atoms with Gasteiger partial charge in [0, 0.05) is 31.3 Å². The molecule has 4 rings (SSSR count). The van der Waals surface area contributed by atoms with Crippen LogP contribution in [0.25, 0.3) is 11.1 Å². The van der Waals surface area contributed by atoms with Crippen LogP contribution in [0, 0.1) is 5.92 Å². The molecule has 8 heteroatoms. The van der Waals surface area contributed by atoms with Gasteiger partial charge in [0.25, 0.3) is 0 Å². The fraction of sp³-hybridized carbons (Fsp3) is 0.444. The molecule has 2 aromatic carbocycles. The summed E-state index contributed by atoms with van der Waals surface area (Å²) in [6.45, 7) is 2.70. The maximum Gasteiger partial charge on any atom is 0.407 e. The van der Waals surface area contributed by atoms with Crippen molar-refractivity contribution in [3.63, 3.8) is 0 Å². The van der Waals surface area contributed by atoms with Crippen LogP contribution in [0.4, 0.5) is 4.79 Å². The molecule has 3 unspecified atom stereocenters. The third-order valence-electron chi connectivity index (χ3n) is 7.03. The first-order valence-corrected chi connectivity index (χ1v) is 12.1. The van der Waals surface area contributed by atoms with E-state index in [4.69, 9.17) is 9.84 Å². The number of amides is 2. The van der Waals surface area contributed by atoms with Gasteiger partial charge in [0.2, 0.25) is 5.91 Å². The predicted molar refractivity (Wildman–Crippen MR) is 130 cm³/mol. The number of hydrogen-bond acceptors (Lipinski definition) is 5. The van der Waals surface area contributed by atoms with Crippen LogP contribution in [0.15, 0.2) is 48.5 Å². The van der Waals surface area contributed by atoms with Crippen molar-refractivity contribution >= 4 is 18.0 Å². The Morgan fingerprint density at radius 2 is 1.71 bits per heavy atom. The van der Waals surface area contributed by atoms with Gasteiger partial charge in [0.05, 0.1) is 6.10 Å². The lowest BCUT2D eigenvalue weighted by atomic mass is 9.93. The number of fused-ring (bicyclic) bond motifs is 3. The third-order valence-corrected chi connectivity index (χ3v) is 7.03. The monoisotopic (exact) mass is 480 g/mol. The molecule has 186 valence electrons. The van der Waals surface area contributed by atoms with Gasteiger partial charge in [-0.25, -0.2) is 4.79 Å². The van der Waals surface area contributed by atoms with E-state index in [1.807, 2.05) is 48.5 Å². The van der Waals surface area contributed by atoms with Crippen molar-refractivity contribution in [3.8, 4) is 11.1 Å². The minimum Gasteiger partial charge on any atom is -0.481 e. The molecule has 1 saturated heterocycles. The van der Waals surface area contributed by atoms with Crippen LogP contribution in [-0.4, -0.2) is 64.9 Å². The number of carbonyl (C=O) groups is 3. The van der Waals surface area contributed by atoms with Crippen molar-refractivity contribution in [2.75, 3.05) is 19.7 Å². The second-order valence-electron chi connectivity index (χ2n) is 9.38. The Morgan fingerprint density at radius 1 is 1.09 bits per heavy atom. The number of aliphatic hydroxyl groups is 1. The van der Waals surface area contributed by atoms with Gasteiger partial charge in [-0.2, -0.15) is 0 Å². The van der Waals surface area contributed by atoms with E-state index in [0.29, 0.717) is 13.1 Å². The van der Waals surface area contributed by atoms with Crippen LogP contribution < -0.4 is 5.32 Å². The van der Waals surface area contributed by atoms with Gasteiger partial charge in [-0.3, -0.25) is 9.59 Å². The molecular weight excluding hydrogens is 448 g/mol. The van der Waals surface area contributed by atoms with E-state index in [1.54, 1.807) is 11.8 Å². The van der Waals surface area contributed by atoms with Crippen LogP contribution in [0.2, 0.25) is 0 Å². The molecule has 0 radical (unpaired) electrons. The van der Waals surface area contributed by atoms with E-state index in [0.717, 1.165) is 35.1 Å². The number of likely N-dealkylation sites (tertiary alicyclic amines) is 1. The zero-order chi connectivity index (χ0) is 24.9.